The summed E-state index contributed by atoms with van der Waals surface area (Å²) < 4.78 is 10.9. The van der Waals surface area contributed by atoms with Crippen molar-refractivity contribution in [1.29, 1.82) is 0 Å². The summed E-state index contributed by atoms with van der Waals surface area (Å²) in [7, 11) is 1.58. The first-order chi connectivity index (χ1) is 11.2. The van der Waals surface area contributed by atoms with Gasteiger partial charge in [0.05, 0.1) is 7.11 Å². The average molecular weight is 318 g/mol. The monoisotopic (exact) mass is 318 g/mol. The van der Waals surface area contributed by atoms with Crippen LogP contribution in [0, 0.1) is 0 Å². The average Bonchev–Trinajstić information content (AvgIpc) is 3.11. The molecule has 0 aliphatic carbocycles. The van der Waals surface area contributed by atoms with Gasteiger partial charge in [-0.25, -0.2) is 0 Å². The van der Waals surface area contributed by atoms with Gasteiger partial charge in [-0.05, 0) is 37.6 Å². The highest BCUT2D eigenvalue weighted by Gasteiger charge is 2.27. The summed E-state index contributed by atoms with van der Waals surface area (Å²) >= 11 is 0. The number of methoxy groups -OCH3 is 1. The second-order valence-electron chi connectivity index (χ2n) is 5.61. The van der Waals surface area contributed by atoms with Crippen molar-refractivity contribution in [3.63, 3.8) is 0 Å². The van der Waals surface area contributed by atoms with Crippen molar-refractivity contribution >= 4 is 5.91 Å². The number of rotatable bonds is 8. The SMILES string of the molecule is C=CCOc1ccc(C(=O)N(CCC)C2CCNC2)cc1OC. The first-order valence-electron chi connectivity index (χ1n) is 8.14. The lowest BCUT2D eigenvalue weighted by Crippen LogP contribution is -2.42. The van der Waals surface area contributed by atoms with Gasteiger partial charge in [-0.15, -0.1) is 0 Å². The fourth-order valence-electron chi connectivity index (χ4n) is 2.83. The van der Waals surface area contributed by atoms with Crippen molar-refractivity contribution in [2.45, 2.75) is 25.8 Å². The van der Waals surface area contributed by atoms with Crippen LogP contribution in [0.5, 0.6) is 11.5 Å². The maximum absolute atomic E-state index is 12.9. The molecule has 0 bridgehead atoms. The minimum absolute atomic E-state index is 0.0501. The Balaban J connectivity index is 2.20. The van der Waals surface area contributed by atoms with E-state index in [2.05, 4.69) is 18.8 Å². The standard InChI is InChI=1S/C18H26N2O3/c1-4-10-20(15-8-9-19-13-15)18(21)14-6-7-16(23-11-5-2)17(12-14)22-3/h5-7,12,15,19H,2,4,8-11,13H2,1,3H3. The number of ether oxygens (including phenoxy) is 2. The Morgan fingerprint density at radius 2 is 2.30 bits per heavy atom. The van der Waals surface area contributed by atoms with E-state index in [9.17, 15) is 4.79 Å². The summed E-state index contributed by atoms with van der Waals surface area (Å²) in [6.45, 7) is 8.73. The number of hydrogen-bond acceptors (Lipinski definition) is 4. The third-order valence-electron chi connectivity index (χ3n) is 3.97. The molecule has 0 spiro atoms. The number of carbonyl (C=O) groups excluding carboxylic acids is 1. The zero-order chi connectivity index (χ0) is 16.7. The number of carbonyl (C=O) groups is 1. The van der Waals surface area contributed by atoms with Crippen molar-refractivity contribution in [3.8, 4) is 11.5 Å². The van der Waals surface area contributed by atoms with Crippen molar-refractivity contribution < 1.29 is 14.3 Å². The molecule has 5 nitrogen and oxygen atoms in total. The van der Waals surface area contributed by atoms with E-state index in [1.807, 2.05) is 4.90 Å². The third-order valence-corrected chi connectivity index (χ3v) is 3.97. The Labute approximate surface area is 138 Å². The Hall–Kier alpha value is -2.01. The quantitative estimate of drug-likeness (QED) is 0.748. The highest BCUT2D eigenvalue weighted by atomic mass is 16.5. The van der Waals surface area contributed by atoms with Crippen molar-refractivity contribution in [1.82, 2.24) is 10.2 Å². The van der Waals surface area contributed by atoms with Crippen LogP contribution in [0.25, 0.3) is 0 Å². The van der Waals surface area contributed by atoms with Gasteiger partial charge in [0.1, 0.15) is 6.61 Å². The molecule has 23 heavy (non-hydrogen) atoms. The maximum Gasteiger partial charge on any atom is 0.254 e. The van der Waals surface area contributed by atoms with Gasteiger partial charge in [-0.2, -0.15) is 0 Å². The van der Waals surface area contributed by atoms with Crippen LogP contribution in [-0.2, 0) is 0 Å². The predicted molar refractivity (Wildman–Crippen MR) is 91.3 cm³/mol. The van der Waals surface area contributed by atoms with Crippen LogP contribution < -0.4 is 14.8 Å². The Morgan fingerprint density at radius 1 is 1.48 bits per heavy atom. The van der Waals surface area contributed by atoms with Crippen LogP contribution in [0.3, 0.4) is 0 Å². The van der Waals surface area contributed by atoms with Crippen molar-refractivity contribution in [2.24, 2.45) is 0 Å². The lowest BCUT2D eigenvalue weighted by Gasteiger charge is -2.28. The maximum atomic E-state index is 12.9. The molecule has 0 aromatic heterocycles. The Morgan fingerprint density at radius 3 is 2.91 bits per heavy atom. The van der Waals surface area contributed by atoms with E-state index in [1.165, 1.54) is 0 Å². The highest BCUT2D eigenvalue weighted by molar-refractivity contribution is 5.95. The summed E-state index contributed by atoms with van der Waals surface area (Å²) in [5, 5.41) is 3.32. The summed E-state index contributed by atoms with van der Waals surface area (Å²) in [5.74, 6) is 1.24. The van der Waals surface area contributed by atoms with Crippen LogP contribution in [0.4, 0.5) is 0 Å². The molecule has 1 aliphatic heterocycles. The molecular weight excluding hydrogens is 292 g/mol. The van der Waals surface area contributed by atoms with Gasteiger partial charge in [0.2, 0.25) is 0 Å². The molecule has 2 rings (SSSR count). The molecule has 1 amide bonds. The van der Waals surface area contributed by atoms with Crippen LogP contribution in [-0.4, -0.2) is 50.2 Å². The van der Waals surface area contributed by atoms with Crippen molar-refractivity contribution in [2.75, 3.05) is 33.4 Å². The molecule has 1 aromatic rings. The van der Waals surface area contributed by atoms with Gasteiger partial charge < -0.3 is 19.7 Å². The zero-order valence-electron chi connectivity index (χ0n) is 14.0. The number of nitrogens with one attached hydrogen (secondary N) is 1. The van der Waals surface area contributed by atoms with Gasteiger partial charge in [0.25, 0.3) is 5.91 Å². The number of hydrogen-bond donors (Lipinski definition) is 1. The number of amides is 1. The Kier molecular flexibility index (Phi) is 6.47. The zero-order valence-corrected chi connectivity index (χ0v) is 14.0. The van der Waals surface area contributed by atoms with E-state index in [1.54, 1.807) is 31.4 Å². The van der Waals surface area contributed by atoms with Gasteiger partial charge in [-0.1, -0.05) is 19.6 Å². The molecule has 0 radical (unpaired) electrons. The summed E-state index contributed by atoms with van der Waals surface area (Å²) in [4.78, 5) is 14.9. The van der Waals surface area contributed by atoms with Crippen LogP contribution in [0.1, 0.15) is 30.1 Å². The fraction of sp³-hybridized carbons (Fsp3) is 0.500. The van der Waals surface area contributed by atoms with Crippen molar-refractivity contribution in [3.05, 3.63) is 36.4 Å². The molecule has 1 N–H and O–H groups in total. The summed E-state index contributed by atoms with van der Waals surface area (Å²) in [5.41, 5.74) is 0.633. The van der Waals surface area contributed by atoms with Crippen LogP contribution >= 0.6 is 0 Å². The van der Waals surface area contributed by atoms with Crippen LogP contribution in [0.2, 0.25) is 0 Å². The smallest absolute Gasteiger partial charge is 0.254 e. The largest absolute Gasteiger partial charge is 0.493 e. The summed E-state index contributed by atoms with van der Waals surface area (Å²) in [6.07, 6.45) is 3.62. The van der Waals surface area contributed by atoms with E-state index in [0.717, 1.165) is 32.5 Å². The molecule has 126 valence electrons. The fourth-order valence-corrected chi connectivity index (χ4v) is 2.83. The molecule has 1 fully saturated rings. The molecule has 1 aromatic carbocycles. The molecule has 5 heteroatoms. The number of benzene rings is 1. The minimum atomic E-state index is 0.0501. The second kappa shape index (κ2) is 8.58. The summed E-state index contributed by atoms with van der Waals surface area (Å²) in [6, 6.07) is 5.61. The third kappa shape index (κ3) is 4.26. The molecular formula is C18H26N2O3. The molecule has 1 saturated heterocycles. The van der Waals surface area contributed by atoms with E-state index in [4.69, 9.17) is 9.47 Å². The van der Waals surface area contributed by atoms with Crippen LogP contribution in [0.15, 0.2) is 30.9 Å². The van der Waals surface area contributed by atoms with Gasteiger partial charge in [0.15, 0.2) is 11.5 Å². The van der Waals surface area contributed by atoms with E-state index in [-0.39, 0.29) is 11.9 Å². The predicted octanol–water partition coefficient (Wildman–Crippen LogP) is 2.47. The normalized spacial score (nSPS) is 16.9. The first-order valence-corrected chi connectivity index (χ1v) is 8.14. The lowest BCUT2D eigenvalue weighted by molar-refractivity contribution is 0.0692. The lowest BCUT2D eigenvalue weighted by atomic mass is 10.1. The van der Waals surface area contributed by atoms with Gasteiger partial charge >= 0.3 is 0 Å². The van der Waals surface area contributed by atoms with E-state index < -0.39 is 0 Å². The highest BCUT2D eigenvalue weighted by Crippen LogP contribution is 2.29. The molecule has 1 heterocycles. The van der Waals surface area contributed by atoms with Gasteiger partial charge in [-0.3, -0.25) is 4.79 Å². The Bertz CT molecular complexity index is 539. The molecule has 0 saturated carbocycles. The minimum Gasteiger partial charge on any atom is -0.493 e. The molecule has 1 unspecified atom stereocenters. The molecule has 1 atom stereocenters. The second-order valence-corrected chi connectivity index (χ2v) is 5.61. The molecule has 1 aliphatic rings. The van der Waals surface area contributed by atoms with E-state index >= 15 is 0 Å². The first kappa shape index (κ1) is 17.3. The van der Waals surface area contributed by atoms with Gasteiger partial charge in [0, 0.05) is 24.7 Å². The van der Waals surface area contributed by atoms with E-state index in [0.29, 0.717) is 23.7 Å². The number of nitrogens with zero attached hydrogens (tertiary/aromatic N) is 1. The topological polar surface area (TPSA) is 50.8 Å².